The number of rotatable bonds is 28. The van der Waals surface area contributed by atoms with E-state index >= 15 is 0 Å². The molecule has 9 heterocycles. The summed E-state index contributed by atoms with van der Waals surface area (Å²) in [6, 6.07) is -3.59. The van der Waals surface area contributed by atoms with Crippen LogP contribution in [0.4, 0.5) is 0 Å². The Morgan fingerprint density at radius 2 is 0.632 bits per heavy atom. The smallest absolute Gasteiger partial charge is 0.217 e. The van der Waals surface area contributed by atoms with Crippen LogP contribution in [0.3, 0.4) is 0 Å². The largest absolute Gasteiger partial charge is 0.394 e. The Morgan fingerprint density at radius 1 is 0.292 bits per heavy atom. The Balaban J connectivity index is 1.10. The van der Waals surface area contributed by atoms with E-state index in [9.17, 15) is 147 Å². The van der Waals surface area contributed by atoms with Gasteiger partial charge in [0, 0.05) is 13.8 Å². The minimum Gasteiger partial charge on any atom is -0.394 e. The Morgan fingerprint density at radius 3 is 1.13 bits per heavy atom. The molecule has 9 fully saturated rings. The fourth-order valence-corrected chi connectivity index (χ4v) is 13.5. The highest BCUT2D eigenvalue weighted by Gasteiger charge is 2.61. The van der Waals surface area contributed by atoms with E-state index in [4.69, 9.17) is 80.5 Å². The molecule has 0 aromatic heterocycles. The first-order chi connectivity index (χ1) is 50.2. The molecule has 29 N–H and O–H groups in total. The number of aliphatic hydroxyl groups is 27. The molecule has 9 aliphatic rings. The average molecular weight is 1560 g/mol. The Bertz CT molecular complexity index is 2710. The van der Waals surface area contributed by atoms with Gasteiger partial charge >= 0.3 is 0 Å². The zero-order valence-electron chi connectivity index (χ0n) is 56.2. The van der Waals surface area contributed by atoms with Crippen LogP contribution in [0.25, 0.3) is 0 Å². The second-order valence-electron chi connectivity index (χ2n) is 26.7. The Kier molecular flexibility index (Phi) is 31.1. The second-order valence-corrected chi connectivity index (χ2v) is 26.7. The number of carbonyl (C=O) groups is 2. The van der Waals surface area contributed by atoms with E-state index in [1.54, 1.807) is 0 Å². The fraction of sp³-hybridized carbons (Fsp3) is 0.966. The molecule has 0 bridgehead atoms. The first-order valence-corrected chi connectivity index (χ1v) is 33.7. The number of nitrogens with one attached hydrogen (secondary N) is 2. The zero-order chi connectivity index (χ0) is 77.9. The highest BCUT2D eigenvalue weighted by atomic mass is 16.8. The first-order valence-electron chi connectivity index (χ1n) is 33.7. The van der Waals surface area contributed by atoms with Crippen molar-refractivity contribution in [1.82, 2.24) is 10.6 Å². The monoisotopic (exact) mass is 1560 g/mol. The average Bonchev–Trinajstić information content (AvgIpc) is 0.946. The van der Waals surface area contributed by atoms with Gasteiger partial charge in [0.15, 0.2) is 56.6 Å². The molecule has 9 saturated heterocycles. The van der Waals surface area contributed by atoms with Gasteiger partial charge < -0.3 is 229 Å². The van der Waals surface area contributed by atoms with Gasteiger partial charge in [-0.2, -0.15) is 0 Å². The molecule has 0 saturated carbocycles. The fourth-order valence-electron chi connectivity index (χ4n) is 13.5. The Labute approximate surface area is 598 Å². The summed E-state index contributed by atoms with van der Waals surface area (Å²) in [5.74, 6) is -1.74. The number of carbonyl (C=O) groups excluding carboxylic acids is 2. The third-order valence-corrected chi connectivity index (χ3v) is 19.5. The topological polar surface area (TPSA) is 761 Å². The highest BCUT2D eigenvalue weighted by Crippen LogP contribution is 2.40. The molecule has 48 nitrogen and oxygen atoms in total. The van der Waals surface area contributed by atoms with Crippen molar-refractivity contribution in [3.8, 4) is 0 Å². The molecular formula is C58H98N2O46. The molecule has 0 aromatic carbocycles. The van der Waals surface area contributed by atoms with Crippen molar-refractivity contribution in [1.29, 1.82) is 0 Å². The zero-order valence-corrected chi connectivity index (χ0v) is 56.2. The maximum absolute atomic E-state index is 13.0. The minimum atomic E-state index is -2.58. The number of hydrogen-bond donors (Lipinski definition) is 29. The number of ether oxygens (including phenoxy) is 17. The van der Waals surface area contributed by atoms with Gasteiger partial charge in [-0.3, -0.25) is 9.59 Å². The SMILES string of the molecule is CC(=O)N[C@@H]1[C@@H](O)[C@H](O[C@@H]2O[C@H](CO)[C@@H](O[C@@H]3O[C@H](CO[C@H]4O[C@H](CO[C@H]5O[C@H](CO)[C@@H](O)[C@H](O)[C@@H]5O)[C@@H](O)[C@H](O[C@H]5O[C@H](CO)[C@@H](O)[C@H](O)[C@@H]5O)[C@@H]4O[C@@H]4O[C@@H]([C@H](O)CO)[C@H](O)[C@H]4O)[C@@H](O)[C@H](O[C@H]4O[C@H](CO)[C@@H](O)[C@H](O)[C@@H]4O[C@H]4O[C@H](CO)[C@@H](O)[C@H](O)[C@@H]4O)[C@@H]3O)[C@H](O)[C@H]2NC(C)=O)[C@@H](CO)O[C@H]1O. The van der Waals surface area contributed by atoms with Gasteiger partial charge in [-0.25, -0.2) is 0 Å². The maximum atomic E-state index is 13.0. The van der Waals surface area contributed by atoms with Gasteiger partial charge in [0.25, 0.3) is 0 Å². The van der Waals surface area contributed by atoms with Crippen LogP contribution in [0.5, 0.6) is 0 Å². The van der Waals surface area contributed by atoms with Crippen molar-refractivity contribution in [3.63, 3.8) is 0 Å². The van der Waals surface area contributed by atoms with Crippen LogP contribution in [-0.4, -0.2) is 485 Å². The molecule has 9 aliphatic heterocycles. The van der Waals surface area contributed by atoms with E-state index in [0.717, 1.165) is 13.8 Å². The summed E-state index contributed by atoms with van der Waals surface area (Å²) in [5, 5.41) is 301. The van der Waals surface area contributed by atoms with Crippen LogP contribution in [0.15, 0.2) is 0 Å². The highest BCUT2D eigenvalue weighted by molar-refractivity contribution is 5.73. The molecular weight excluding hydrogens is 1460 g/mol. The van der Waals surface area contributed by atoms with Crippen LogP contribution in [0.2, 0.25) is 0 Å². The molecule has 0 radical (unpaired) electrons. The van der Waals surface area contributed by atoms with Crippen molar-refractivity contribution in [3.05, 3.63) is 0 Å². The lowest BCUT2D eigenvalue weighted by atomic mass is 9.94. The van der Waals surface area contributed by atoms with Gasteiger partial charge in [-0.15, -0.1) is 0 Å². The van der Waals surface area contributed by atoms with Gasteiger partial charge in [0.05, 0.1) is 59.5 Å². The van der Waals surface area contributed by atoms with Gasteiger partial charge in [-0.05, 0) is 0 Å². The molecule has 0 spiro atoms. The quantitative estimate of drug-likeness (QED) is 0.0346. The predicted octanol–water partition coefficient (Wildman–Crippen LogP) is -20.3. The molecule has 106 heavy (non-hydrogen) atoms. The van der Waals surface area contributed by atoms with Crippen molar-refractivity contribution < 1.29 is 228 Å². The van der Waals surface area contributed by atoms with Gasteiger partial charge in [0.1, 0.15) is 220 Å². The molecule has 616 valence electrons. The van der Waals surface area contributed by atoms with E-state index in [0.29, 0.717) is 0 Å². The maximum Gasteiger partial charge on any atom is 0.217 e. The molecule has 9 rings (SSSR count). The summed E-state index contributed by atoms with van der Waals surface area (Å²) < 4.78 is 100. The first kappa shape index (κ1) is 87.2. The van der Waals surface area contributed by atoms with E-state index in [1.807, 2.05) is 0 Å². The third kappa shape index (κ3) is 18.7. The second kappa shape index (κ2) is 37.9. The molecule has 45 atom stereocenters. The standard InChI is InChI=1S/C58H98N2O46/c1-12(68)59-23-31(77)44(19(8-66)92-50(23)89)101-51-24(60-13(2)69)32(78)45(20(9-67)97-51)102-56-42(88)46(103-58-48(36(82)28(74)18(7-65)96-58)105-54-40(86)35(81)27(73)17(6-64)95-54)29(75)21(98-56)11-91-57-49(106-55-41(87)37(83)43(100-55)14(70)3-61)47(104-53-39(85)34(80)26(72)16(5-63)94-53)30(76)22(99-57)10-90-52-38(84)33(79)25(71)15(4-62)93-52/h14-58,61-67,70-89H,3-11H2,1-2H3,(H,59,68)(H,60,69)/t14-,15-,16-,17-,18-,19-,20-,21-,22-,23-,24-,25-,26-,27-,28-,29-,30-,31-,32-,33+,34+,35+,36+,37-,38+,39+,40+,41-,42+,43+,44-,45-,46+,47+,48+,49+,50-,51+,52+,53-,54-,55+,56+,57+,58-/m1/s1. The van der Waals surface area contributed by atoms with E-state index in [2.05, 4.69) is 10.6 Å². The summed E-state index contributed by atoms with van der Waals surface area (Å²) in [7, 11) is 0. The van der Waals surface area contributed by atoms with Crippen LogP contribution in [0, 0.1) is 0 Å². The summed E-state index contributed by atoms with van der Waals surface area (Å²) in [5.41, 5.74) is 0. The summed E-state index contributed by atoms with van der Waals surface area (Å²) in [4.78, 5) is 25.1. The van der Waals surface area contributed by atoms with Crippen LogP contribution in [-0.2, 0) is 90.1 Å². The molecule has 0 aromatic rings. The molecule has 48 heteroatoms. The summed E-state index contributed by atoms with van der Waals surface area (Å²) >= 11 is 0. The number of aliphatic hydroxyl groups excluding tert-OH is 27. The van der Waals surface area contributed by atoms with Crippen LogP contribution >= 0.6 is 0 Å². The lowest BCUT2D eigenvalue weighted by Crippen LogP contribution is -2.70. The van der Waals surface area contributed by atoms with E-state index in [-0.39, 0.29) is 0 Å². The van der Waals surface area contributed by atoms with Crippen molar-refractivity contribution in [2.45, 2.75) is 290 Å². The molecule has 0 aliphatic carbocycles. The predicted molar refractivity (Wildman–Crippen MR) is 320 cm³/mol. The number of hydrogen-bond acceptors (Lipinski definition) is 46. The van der Waals surface area contributed by atoms with Crippen molar-refractivity contribution in [2.75, 3.05) is 59.5 Å². The van der Waals surface area contributed by atoms with E-state index < -0.39 is 348 Å². The Hall–Kier alpha value is -2.82. The van der Waals surface area contributed by atoms with Crippen LogP contribution < -0.4 is 10.6 Å². The lowest BCUT2D eigenvalue weighted by Gasteiger charge is -2.51. The molecule has 0 unspecified atom stereocenters. The normalized spacial score (nSPS) is 50.7. The van der Waals surface area contributed by atoms with Gasteiger partial charge in [-0.1, -0.05) is 0 Å². The van der Waals surface area contributed by atoms with E-state index in [1.165, 1.54) is 0 Å². The molecule has 2 amide bonds. The number of amides is 2. The summed E-state index contributed by atoms with van der Waals surface area (Å²) in [6.45, 7) is -7.99. The summed E-state index contributed by atoms with van der Waals surface area (Å²) in [6.07, 6.45) is -91.7. The lowest BCUT2D eigenvalue weighted by molar-refractivity contribution is -0.401. The van der Waals surface area contributed by atoms with Crippen molar-refractivity contribution in [2.24, 2.45) is 0 Å². The third-order valence-electron chi connectivity index (χ3n) is 19.5. The van der Waals surface area contributed by atoms with Gasteiger partial charge in [0.2, 0.25) is 11.8 Å². The van der Waals surface area contributed by atoms with Crippen molar-refractivity contribution >= 4 is 11.8 Å². The van der Waals surface area contributed by atoms with Crippen LogP contribution in [0.1, 0.15) is 13.8 Å². The minimum absolute atomic E-state index is 0.791.